The van der Waals surface area contributed by atoms with Crippen LogP contribution in [0, 0.1) is 11.8 Å². The number of hydrogen-bond acceptors (Lipinski definition) is 6. The van der Waals surface area contributed by atoms with Gasteiger partial charge in [-0.3, -0.25) is 4.79 Å². The van der Waals surface area contributed by atoms with Gasteiger partial charge in [-0.25, -0.2) is 4.98 Å². The molecule has 0 saturated heterocycles. The van der Waals surface area contributed by atoms with E-state index in [0.717, 1.165) is 11.3 Å². The Hall–Kier alpha value is -2.57. The summed E-state index contributed by atoms with van der Waals surface area (Å²) >= 11 is 0. The number of methoxy groups -OCH3 is 1. The number of rotatable bonds is 3. The van der Waals surface area contributed by atoms with Gasteiger partial charge in [0, 0.05) is 43.3 Å². The molecule has 0 spiro atoms. The molecule has 1 atom stereocenters. The zero-order valence-corrected chi connectivity index (χ0v) is 14.7. The second-order valence-corrected chi connectivity index (χ2v) is 6.79. The third kappa shape index (κ3) is 3.31. The lowest BCUT2D eigenvalue weighted by atomic mass is 9.83. The Labute approximate surface area is 146 Å². The van der Waals surface area contributed by atoms with E-state index in [2.05, 4.69) is 9.97 Å². The summed E-state index contributed by atoms with van der Waals surface area (Å²) in [6.45, 7) is 4.89. The molecule has 2 heterocycles. The van der Waals surface area contributed by atoms with Gasteiger partial charge in [0.15, 0.2) is 0 Å². The molecule has 1 aromatic heterocycles. The third-order valence-electron chi connectivity index (χ3n) is 4.84. The van der Waals surface area contributed by atoms with E-state index in [1.54, 1.807) is 11.1 Å². The molecule has 1 aliphatic carbocycles. The fourth-order valence-electron chi connectivity index (χ4n) is 3.30. The quantitative estimate of drug-likeness (QED) is 0.873. The van der Waals surface area contributed by atoms with Crippen LogP contribution in [-0.4, -0.2) is 44.6 Å². The molecule has 0 bridgehead atoms. The van der Waals surface area contributed by atoms with Crippen molar-refractivity contribution in [3.63, 3.8) is 0 Å². The van der Waals surface area contributed by atoms with Crippen LogP contribution < -0.4 is 4.74 Å². The fourth-order valence-corrected chi connectivity index (χ4v) is 3.30. The highest BCUT2D eigenvalue weighted by atomic mass is 16.5. The van der Waals surface area contributed by atoms with Gasteiger partial charge >= 0.3 is 6.01 Å². The molecule has 1 unspecified atom stereocenters. The molecule has 2 aliphatic rings. The minimum absolute atomic E-state index is 0.133. The molecule has 0 aromatic carbocycles. The van der Waals surface area contributed by atoms with Gasteiger partial charge in [0.1, 0.15) is 5.76 Å². The number of aliphatic hydroxyl groups is 2. The smallest absolute Gasteiger partial charge is 0.316 e. The molecular formula is C18H23N3O4. The number of carbonyl (C=O) groups is 1. The van der Waals surface area contributed by atoms with Crippen molar-refractivity contribution in [2.24, 2.45) is 11.8 Å². The molecule has 1 aromatic rings. The molecule has 0 radical (unpaired) electrons. The summed E-state index contributed by atoms with van der Waals surface area (Å²) in [4.78, 5) is 23.0. The van der Waals surface area contributed by atoms with Crippen molar-refractivity contribution in [3.8, 4) is 6.01 Å². The van der Waals surface area contributed by atoms with Gasteiger partial charge in [-0.15, -0.1) is 0 Å². The van der Waals surface area contributed by atoms with Gasteiger partial charge in [-0.05, 0) is 12.3 Å². The summed E-state index contributed by atoms with van der Waals surface area (Å²) in [6.07, 6.45) is 3.93. The largest absolute Gasteiger partial charge is 0.512 e. The number of nitrogens with zero attached hydrogens (tertiary/aromatic N) is 3. The van der Waals surface area contributed by atoms with E-state index in [0.29, 0.717) is 37.5 Å². The highest BCUT2D eigenvalue weighted by Gasteiger charge is 2.32. The second-order valence-electron chi connectivity index (χ2n) is 6.79. The molecule has 134 valence electrons. The first-order valence-electron chi connectivity index (χ1n) is 8.41. The normalized spacial score (nSPS) is 20.4. The van der Waals surface area contributed by atoms with Crippen LogP contribution >= 0.6 is 0 Å². The number of carbonyl (C=O) groups excluding carboxylic acids is 1. The second kappa shape index (κ2) is 6.74. The third-order valence-corrected chi connectivity index (χ3v) is 4.84. The number of amides is 1. The monoisotopic (exact) mass is 345 g/mol. The molecule has 25 heavy (non-hydrogen) atoms. The molecule has 7 heteroatoms. The van der Waals surface area contributed by atoms with E-state index < -0.39 is 0 Å². The Morgan fingerprint density at radius 3 is 2.84 bits per heavy atom. The van der Waals surface area contributed by atoms with Gasteiger partial charge in [0.25, 0.3) is 5.91 Å². The van der Waals surface area contributed by atoms with Gasteiger partial charge in [-0.1, -0.05) is 13.8 Å². The van der Waals surface area contributed by atoms with Crippen molar-refractivity contribution in [2.75, 3.05) is 13.7 Å². The molecule has 1 amide bonds. The van der Waals surface area contributed by atoms with E-state index in [1.165, 1.54) is 13.2 Å². The van der Waals surface area contributed by atoms with Crippen LogP contribution in [-0.2, 0) is 17.8 Å². The van der Waals surface area contributed by atoms with E-state index in [4.69, 9.17) is 4.74 Å². The van der Waals surface area contributed by atoms with Crippen molar-refractivity contribution in [1.82, 2.24) is 14.9 Å². The van der Waals surface area contributed by atoms with Gasteiger partial charge in [0.05, 0.1) is 24.1 Å². The van der Waals surface area contributed by atoms with Crippen LogP contribution in [0.15, 0.2) is 29.4 Å². The van der Waals surface area contributed by atoms with E-state index in [9.17, 15) is 15.0 Å². The topological polar surface area (TPSA) is 95.8 Å². The van der Waals surface area contributed by atoms with Crippen LogP contribution in [0.4, 0.5) is 0 Å². The average molecular weight is 345 g/mol. The lowest BCUT2D eigenvalue weighted by Gasteiger charge is -2.31. The summed E-state index contributed by atoms with van der Waals surface area (Å²) in [6, 6.07) is 0.326. The molecule has 0 fully saturated rings. The lowest BCUT2D eigenvalue weighted by Crippen LogP contribution is -2.38. The van der Waals surface area contributed by atoms with Gasteiger partial charge < -0.3 is 19.8 Å². The summed E-state index contributed by atoms with van der Waals surface area (Å²) in [5.41, 5.74) is 2.12. The fraction of sp³-hybridized carbons (Fsp3) is 0.500. The maximum atomic E-state index is 12.9. The van der Waals surface area contributed by atoms with E-state index >= 15 is 0 Å². The molecule has 2 N–H and O–H groups in total. The number of aromatic nitrogens is 2. The van der Waals surface area contributed by atoms with Crippen LogP contribution in [0.1, 0.15) is 31.5 Å². The number of fused-ring (bicyclic) bond motifs is 1. The molecule has 7 nitrogen and oxygen atoms in total. The molecule has 1 aliphatic heterocycles. The number of allylic oxidation sites excluding steroid dienone is 2. The lowest BCUT2D eigenvalue weighted by molar-refractivity contribution is -0.128. The SMILES string of the molecule is COc1ncc2c(n1)CCN(C(=O)C1=C(O)C=C(O)C(C(C)C)C1)C2. The number of hydrogen-bond donors (Lipinski definition) is 2. The predicted molar refractivity (Wildman–Crippen MR) is 91.0 cm³/mol. The van der Waals surface area contributed by atoms with Crippen LogP contribution in [0.25, 0.3) is 0 Å². The minimum Gasteiger partial charge on any atom is -0.512 e. The molecular weight excluding hydrogens is 322 g/mol. The standard InChI is InChI=1S/C18H23N3O4/c1-10(2)12-6-13(16(23)7-15(12)22)17(24)21-5-4-14-11(9-21)8-19-18(20-14)25-3/h7-8,10,12,22-23H,4-6,9H2,1-3H3. The summed E-state index contributed by atoms with van der Waals surface area (Å²) in [5, 5.41) is 20.2. The Balaban J connectivity index is 1.80. The average Bonchev–Trinajstić information content (AvgIpc) is 2.60. The first-order chi connectivity index (χ1) is 11.9. The number of aliphatic hydroxyl groups excluding tert-OH is 2. The maximum Gasteiger partial charge on any atom is 0.316 e. The highest BCUT2D eigenvalue weighted by Crippen LogP contribution is 2.33. The number of ether oxygens (including phenoxy) is 1. The Morgan fingerprint density at radius 2 is 2.16 bits per heavy atom. The summed E-state index contributed by atoms with van der Waals surface area (Å²) in [7, 11) is 1.52. The Kier molecular flexibility index (Phi) is 4.65. The summed E-state index contributed by atoms with van der Waals surface area (Å²) < 4.78 is 5.03. The minimum atomic E-state index is -0.201. The zero-order chi connectivity index (χ0) is 18.1. The van der Waals surface area contributed by atoms with Crippen molar-refractivity contribution in [1.29, 1.82) is 0 Å². The van der Waals surface area contributed by atoms with Crippen molar-refractivity contribution < 1.29 is 19.7 Å². The van der Waals surface area contributed by atoms with Crippen LogP contribution in [0.2, 0.25) is 0 Å². The van der Waals surface area contributed by atoms with Gasteiger partial charge in [0.2, 0.25) is 0 Å². The van der Waals surface area contributed by atoms with Crippen molar-refractivity contribution in [3.05, 3.63) is 40.6 Å². The van der Waals surface area contributed by atoms with E-state index in [-0.39, 0.29) is 29.3 Å². The molecule has 0 saturated carbocycles. The van der Waals surface area contributed by atoms with Crippen LogP contribution in [0.5, 0.6) is 6.01 Å². The maximum absolute atomic E-state index is 12.9. The summed E-state index contributed by atoms with van der Waals surface area (Å²) in [5.74, 6) is -0.187. The van der Waals surface area contributed by atoms with Crippen molar-refractivity contribution in [2.45, 2.75) is 33.2 Å². The van der Waals surface area contributed by atoms with Crippen LogP contribution in [0.3, 0.4) is 0 Å². The Bertz CT molecular complexity index is 755. The first kappa shape index (κ1) is 17.3. The van der Waals surface area contributed by atoms with Crippen molar-refractivity contribution >= 4 is 5.91 Å². The zero-order valence-electron chi connectivity index (χ0n) is 14.7. The highest BCUT2D eigenvalue weighted by molar-refractivity contribution is 5.94. The predicted octanol–water partition coefficient (Wildman–Crippen LogP) is 2.30. The Morgan fingerprint density at radius 1 is 1.40 bits per heavy atom. The van der Waals surface area contributed by atoms with E-state index in [1.807, 2.05) is 13.8 Å². The molecule has 3 rings (SSSR count). The first-order valence-corrected chi connectivity index (χ1v) is 8.41. The van der Waals surface area contributed by atoms with Gasteiger partial charge in [-0.2, -0.15) is 4.98 Å².